The lowest BCUT2D eigenvalue weighted by atomic mass is 10.2. The topological polar surface area (TPSA) is 73.6 Å². The zero-order valence-corrected chi connectivity index (χ0v) is 16.9. The number of hydrazone groups is 1. The fraction of sp³-hybridized carbons (Fsp3) is 0.125. The van der Waals surface area contributed by atoms with Crippen molar-refractivity contribution in [2.24, 2.45) is 9.99 Å². The molecule has 20 heavy (non-hydrogen) atoms. The first kappa shape index (κ1) is 18.4. The van der Waals surface area contributed by atoms with Crippen LogP contribution in [0.5, 0.6) is 5.75 Å². The van der Waals surface area contributed by atoms with E-state index < -0.39 is 7.45 Å². The molecule has 0 saturated carbocycles. The van der Waals surface area contributed by atoms with E-state index in [0.717, 1.165) is 11.3 Å². The maximum Gasteiger partial charge on any atom is 0.123 e. The molecule has 0 radical (unpaired) electrons. The molecule has 5 unspecified atom stereocenters. The third-order valence-corrected chi connectivity index (χ3v) is 7.91. The molecule has 0 spiro atoms. The molecule has 1 aromatic carbocycles. The predicted molar refractivity (Wildman–Crippen MR) is 103 cm³/mol. The molecule has 1 aromatic rings. The first-order valence-electron chi connectivity index (χ1n) is 5.22. The van der Waals surface area contributed by atoms with Gasteiger partial charge in [0.25, 0.3) is 0 Å². The van der Waals surface area contributed by atoms with Gasteiger partial charge in [-0.15, -0.1) is 0 Å². The molecule has 0 aliphatic heterocycles. The molecule has 108 valence electrons. The quantitative estimate of drug-likeness (QED) is 0.160. The van der Waals surface area contributed by atoms with Gasteiger partial charge in [0.1, 0.15) is 14.2 Å². The van der Waals surface area contributed by atoms with E-state index in [2.05, 4.69) is 41.7 Å². The van der Waals surface area contributed by atoms with Crippen LogP contribution < -0.4 is 4.52 Å². The summed E-state index contributed by atoms with van der Waals surface area (Å²) < 4.78 is 7.44. The van der Waals surface area contributed by atoms with Crippen LogP contribution in [0.3, 0.4) is 0 Å². The SMILES string of the molecule is CN(N=Cc1ccc(OPP(P)N=[N+]=[N-])cc1)P(P)P. The second kappa shape index (κ2) is 10.2. The predicted octanol–water partition coefficient (Wildman–Crippen LogP) is 5.31. The van der Waals surface area contributed by atoms with E-state index in [1.54, 1.807) is 6.21 Å². The summed E-state index contributed by atoms with van der Waals surface area (Å²) in [6, 6.07) is 7.62. The van der Waals surface area contributed by atoms with Crippen molar-refractivity contribution in [3.8, 4) is 5.75 Å². The van der Waals surface area contributed by atoms with E-state index in [0.29, 0.717) is 0 Å². The molecule has 0 aliphatic carbocycles. The second-order valence-electron chi connectivity index (χ2n) is 3.40. The van der Waals surface area contributed by atoms with Gasteiger partial charge in [-0.1, -0.05) is 31.7 Å². The molecule has 0 fully saturated rings. The summed E-state index contributed by atoms with van der Waals surface area (Å²) >= 11 is 0. The summed E-state index contributed by atoms with van der Waals surface area (Å²) in [5.74, 6) is 0.760. The van der Waals surface area contributed by atoms with Crippen LogP contribution in [0.4, 0.5) is 0 Å². The molecule has 12 heteroatoms. The average Bonchev–Trinajstić information content (AvgIpc) is 2.43. The van der Waals surface area contributed by atoms with Gasteiger partial charge in [0.05, 0.1) is 13.7 Å². The van der Waals surface area contributed by atoms with Crippen molar-refractivity contribution in [3.63, 3.8) is 0 Å². The van der Waals surface area contributed by atoms with Crippen molar-refractivity contribution in [1.29, 1.82) is 0 Å². The fourth-order valence-electron chi connectivity index (χ4n) is 0.993. The van der Waals surface area contributed by atoms with Crippen LogP contribution in [0, 0.1) is 0 Å². The van der Waals surface area contributed by atoms with E-state index in [1.165, 1.54) is 0 Å². The lowest BCUT2D eigenvalue weighted by Crippen LogP contribution is -1.97. The van der Waals surface area contributed by atoms with Crippen LogP contribution in [0.15, 0.2) is 34.3 Å². The highest BCUT2D eigenvalue weighted by molar-refractivity contribution is 8.46. The number of azide groups is 1. The van der Waals surface area contributed by atoms with E-state index in [1.807, 2.05) is 36.1 Å². The Morgan fingerprint density at radius 1 is 1.35 bits per heavy atom. The van der Waals surface area contributed by atoms with Crippen molar-refractivity contribution < 1.29 is 4.52 Å². The van der Waals surface area contributed by atoms with Gasteiger partial charge in [-0.2, -0.15) is 5.10 Å². The third kappa shape index (κ3) is 7.41. The zero-order chi connectivity index (χ0) is 15.0. The first-order valence-corrected chi connectivity index (χ1v) is 14.4. The van der Waals surface area contributed by atoms with Crippen molar-refractivity contribution in [2.75, 3.05) is 7.05 Å². The van der Waals surface area contributed by atoms with Crippen molar-refractivity contribution >= 4 is 56.4 Å². The van der Waals surface area contributed by atoms with Crippen LogP contribution in [0.25, 0.3) is 10.4 Å². The van der Waals surface area contributed by atoms with Crippen molar-refractivity contribution in [1.82, 2.24) is 4.78 Å². The highest BCUT2D eigenvalue weighted by Crippen LogP contribution is 2.63. The Morgan fingerprint density at radius 3 is 2.55 bits per heavy atom. The summed E-state index contributed by atoms with van der Waals surface area (Å²) in [6.07, 6.45) is 1.80. The van der Waals surface area contributed by atoms with Crippen LogP contribution in [0.2, 0.25) is 0 Å². The van der Waals surface area contributed by atoms with Gasteiger partial charge in [-0.25, -0.2) is 0 Å². The number of hydrogen-bond acceptors (Lipinski definition) is 4. The number of rotatable bonds is 7. The largest absolute Gasteiger partial charge is 0.472 e. The summed E-state index contributed by atoms with van der Waals surface area (Å²) in [7, 11) is 8.77. The van der Waals surface area contributed by atoms with Crippen LogP contribution in [-0.4, -0.2) is 18.0 Å². The molecule has 0 heterocycles. The van der Waals surface area contributed by atoms with E-state index in [-0.39, 0.29) is 15.9 Å². The van der Waals surface area contributed by atoms with Gasteiger partial charge in [0.2, 0.25) is 0 Å². The number of hydrogen-bond donors (Lipinski definition) is 0. The minimum atomic E-state index is -0.840. The van der Waals surface area contributed by atoms with Crippen LogP contribution in [0.1, 0.15) is 5.56 Å². The maximum absolute atomic E-state index is 8.30. The van der Waals surface area contributed by atoms with Gasteiger partial charge in [-0.3, -0.25) is 4.78 Å². The minimum Gasteiger partial charge on any atom is -0.472 e. The molecule has 0 aliphatic rings. The summed E-state index contributed by atoms with van der Waals surface area (Å²) in [4.78, 5) is 6.34. The maximum atomic E-state index is 8.30. The van der Waals surface area contributed by atoms with Crippen LogP contribution in [-0.2, 0) is 0 Å². The Hall–Kier alpha value is 0.380. The molecule has 6 nitrogen and oxygen atoms in total. The highest BCUT2D eigenvalue weighted by Gasteiger charge is 2.01. The van der Waals surface area contributed by atoms with E-state index in [4.69, 9.17) is 10.1 Å². The molecular formula is C8H15N5OP6. The van der Waals surface area contributed by atoms with E-state index in [9.17, 15) is 0 Å². The Kier molecular flexibility index (Phi) is 9.37. The summed E-state index contributed by atoms with van der Waals surface area (Å²) in [6.45, 7) is 0. The van der Waals surface area contributed by atoms with Gasteiger partial charge >= 0.3 is 0 Å². The summed E-state index contributed by atoms with van der Waals surface area (Å²) in [5, 5.41) is 4.32. The molecule has 0 bridgehead atoms. The van der Waals surface area contributed by atoms with Crippen LogP contribution >= 0.6 is 50.2 Å². The zero-order valence-electron chi connectivity index (χ0n) is 10.7. The molecule has 5 atom stereocenters. The normalized spacial score (nSPS) is 12.8. The molecule has 0 aromatic heterocycles. The Morgan fingerprint density at radius 2 is 2.00 bits per heavy atom. The van der Waals surface area contributed by atoms with Gasteiger partial charge in [0.15, 0.2) is 0 Å². The molecule has 0 saturated heterocycles. The van der Waals surface area contributed by atoms with Gasteiger partial charge < -0.3 is 4.52 Å². The third-order valence-electron chi connectivity index (χ3n) is 1.98. The fourth-order valence-corrected chi connectivity index (χ4v) is 3.42. The Balaban J connectivity index is 2.54. The number of benzene rings is 1. The lowest BCUT2D eigenvalue weighted by molar-refractivity contribution is 0.613. The molecule has 0 amide bonds. The number of nitrogens with zero attached hydrogens (tertiary/aromatic N) is 5. The standard InChI is InChI=1S/C8H15N5OP6/c1-13(20(16)17)10-6-7-2-4-8(5-3-7)14-18-19(15)12-11-9/h2-6,18H,15-17H2,1H3. The highest BCUT2D eigenvalue weighted by atomic mass is 32.4. The van der Waals surface area contributed by atoms with Crippen molar-refractivity contribution in [3.05, 3.63) is 40.3 Å². The average molecular weight is 383 g/mol. The molecular weight excluding hydrogens is 368 g/mol. The van der Waals surface area contributed by atoms with Gasteiger partial charge in [-0.05, 0) is 35.4 Å². The molecule has 0 N–H and O–H groups in total. The molecule has 1 rings (SSSR count). The Bertz CT molecular complexity index is 491. The monoisotopic (exact) mass is 383 g/mol. The second-order valence-corrected chi connectivity index (χ2v) is 15.9. The lowest BCUT2D eigenvalue weighted by Gasteiger charge is -2.15. The Labute approximate surface area is 129 Å². The van der Waals surface area contributed by atoms with E-state index >= 15 is 0 Å². The first-order chi connectivity index (χ1) is 9.52. The van der Waals surface area contributed by atoms with Crippen molar-refractivity contribution in [2.45, 2.75) is 0 Å². The smallest absolute Gasteiger partial charge is 0.123 e. The van der Waals surface area contributed by atoms with Gasteiger partial charge in [0, 0.05) is 19.4 Å². The minimum absolute atomic E-state index is 0.143. The summed E-state index contributed by atoms with van der Waals surface area (Å²) in [5.41, 5.74) is 9.31.